The lowest BCUT2D eigenvalue weighted by molar-refractivity contribution is 0.661. The third-order valence-corrected chi connectivity index (χ3v) is 10.9. The van der Waals surface area contributed by atoms with Crippen molar-refractivity contribution in [3.8, 4) is 67.3 Å². The first-order valence-electron chi connectivity index (χ1n) is 18.2. The number of benzene rings is 7. The van der Waals surface area contributed by atoms with E-state index in [1.54, 1.807) is 0 Å². The van der Waals surface area contributed by atoms with Gasteiger partial charge in [0.15, 0.2) is 5.82 Å². The fraction of sp³-hybridized carbons (Fsp3) is 0.0600. The van der Waals surface area contributed by atoms with Gasteiger partial charge in [0.2, 0.25) is 0 Å². The molecule has 0 N–H and O–H groups in total. The average Bonchev–Trinajstić information content (AvgIpc) is 3.45. The van der Waals surface area contributed by atoms with Crippen molar-refractivity contribution in [2.75, 3.05) is 0 Å². The molecule has 10 rings (SSSR count). The maximum atomic E-state index is 5.27. The van der Waals surface area contributed by atoms with Crippen molar-refractivity contribution in [2.45, 2.75) is 19.3 Å². The van der Waals surface area contributed by atoms with Crippen molar-refractivity contribution in [3.05, 3.63) is 187 Å². The van der Waals surface area contributed by atoms with E-state index in [0.29, 0.717) is 5.82 Å². The van der Waals surface area contributed by atoms with Crippen LogP contribution < -0.4 is 0 Å². The number of pyridine rings is 1. The van der Waals surface area contributed by atoms with Gasteiger partial charge in [-0.15, -0.1) is 0 Å². The van der Waals surface area contributed by atoms with Gasteiger partial charge in [-0.1, -0.05) is 147 Å². The van der Waals surface area contributed by atoms with Gasteiger partial charge < -0.3 is 0 Å². The molecule has 3 nitrogen and oxygen atoms in total. The van der Waals surface area contributed by atoms with Crippen LogP contribution in [0.2, 0.25) is 0 Å². The Morgan fingerprint density at radius 1 is 0.396 bits per heavy atom. The highest BCUT2D eigenvalue weighted by molar-refractivity contribution is 5.98. The molecule has 1 aliphatic rings. The molecule has 0 fully saturated rings. The van der Waals surface area contributed by atoms with Crippen molar-refractivity contribution in [3.63, 3.8) is 0 Å². The third-order valence-electron chi connectivity index (χ3n) is 10.9. The molecule has 0 atom stereocenters. The molecule has 9 aromatic rings. The summed E-state index contributed by atoms with van der Waals surface area (Å²) < 4.78 is 0. The molecule has 2 aromatic heterocycles. The highest BCUT2D eigenvalue weighted by Gasteiger charge is 2.37. The lowest BCUT2D eigenvalue weighted by Gasteiger charge is -2.22. The second-order valence-corrected chi connectivity index (χ2v) is 14.5. The third kappa shape index (κ3) is 5.32. The molecule has 1 aliphatic carbocycles. The number of fused-ring (bicyclic) bond motifs is 5. The molecule has 0 unspecified atom stereocenters. The Morgan fingerprint density at radius 2 is 1.04 bits per heavy atom. The second kappa shape index (κ2) is 12.2. The topological polar surface area (TPSA) is 38.7 Å². The number of nitrogens with zero attached hydrogens (tertiary/aromatic N) is 3. The normalized spacial score (nSPS) is 12.9. The van der Waals surface area contributed by atoms with Crippen LogP contribution >= 0.6 is 0 Å². The van der Waals surface area contributed by atoms with E-state index in [2.05, 4.69) is 153 Å². The van der Waals surface area contributed by atoms with E-state index in [9.17, 15) is 0 Å². The van der Waals surface area contributed by atoms with E-state index in [1.165, 1.54) is 33.0 Å². The first kappa shape index (κ1) is 31.1. The van der Waals surface area contributed by atoms with Gasteiger partial charge in [0, 0.05) is 39.3 Å². The van der Waals surface area contributed by atoms with Gasteiger partial charge in [-0.3, -0.25) is 4.98 Å². The molecular formula is C50H35N3. The molecule has 7 aromatic carbocycles. The van der Waals surface area contributed by atoms with E-state index in [0.717, 1.165) is 61.2 Å². The standard InChI is InChI=1S/C50H35N3/c1-50(2)43-20-11-19-41(48(43)42-28-37-14-6-7-15-38(37)29-44(42)50)47-30-46(52-49(53-47)34-12-4-3-5-13-34)33-24-22-32(23-25-33)35-17-10-18-36(26-35)40-27-39-16-8-9-21-45(39)51-31-40/h3-31H,1-2H3. The molecule has 0 radical (unpaired) electrons. The lowest BCUT2D eigenvalue weighted by Crippen LogP contribution is -2.14. The minimum Gasteiger partial charge on any atom is -0.256 e. The van der Waals surface area contributed by atoms with E-state index >= 15 is 0 Å². The Hall–Kier alpha value is -6.71. The molecule has 250 valence electrons. The van der Waals surface area contributed by atoms with Crippen LogP contribution in [-0.2, 0) is 5.41 Å². The van der Waals surface area contributed by atoms with Crippen molar-refractivity contribution >= 4 is 21.7 Å². The second-order valence-electron chi connectivity index (χ2n) is 14.5. The van der Waals surface area contributed by atoms with Crippen LogP contribution in [-0.4, -0.2) is 15.0 Å². The van der Waals surface area contributed by atoms with Gasteiger partial charge in [-0.25, -0.2) is 9.97 Å². The number of hydrogen-bond donors (Lipinski definition) is 0. The summed E-state index contributed by atoms with van der Waals surface area (Å²) in [6.07, 6.45) is 1.96. The van der Waals surface area contributed by atoms with Crippen molar-refractivity contribution in [1.82, 2.24) is 15.0 Å². The molecule has 0 bridgehead atoms. The molecule has 2 heterocycles. The number of hydrogen-bond acceptors (Lipinski definition) is 3. The fourth-order valence-corrected chi connectivity index (χ4v) is 8.08. The summed E-state index contributed by atoms with van der Waals surface area (Å²) in [4.78, 5) is 15.1. The van der Waals surface area contributed by atoms with E-state index in [4.69, 9.17) is 15.0 Å². The predicted octanol–water partition coefficient (Wildman–Crippen LogP) is 12.8. The summed E-state index contributed by atoms with van der Waals surface area (Å²) in [6, 6.07) is 60.5. The van der Waals surface area contributed by atoms with Gasteiger partial charge in [-0.2, -0.15) is 0 Å². The minimum atomic E-state index is -0.138. The summed E-state index contributed by atoms with van der Waals surface area (Å²) in [7, 11) is 0. The summed E-state index contributed by atoms with van der Waals surface area (Å²) in [5, 5.41) is 3.66. The van der Waals surface area contributed by atoms with Crippen LogP contribution in [0.1, 0.15) is 25.0 Å². The van der Waals surface area contributed by atoms with E-state index in [-0.39, 0.29) is 5.41 Å². The molecule has 0 saturated carbocycles. The Morgan fingerprint density at radius 3 is 1.85 bits per heavy atom. The van der Waals surface area contributed by atoms with Crippen molar-refractivity contribution in [1.29, 1.82) is 0 Å². The highest BCUT2D eigenvalue weighted by Crippen LogP contribution is 2.53. The molecule has 0 aliphatic heterocycles. The van der Waals surface area contributed by atoms with Gasteiger partial charge >= 0.3 is 0 Å². The smallest absolute Gasteiger partial charge is 0.160 e. The number of aromatic nitrogens is 3. The maximum Gasteiger partial charge on any atom is 0.160 e. The Balaban J connectivity index is 1.07. The Bertz CT molecular complexity index is 2850. The maximum absolute atomic E-state index is 5.27. The Labute approximate surface area is 309 Å². The highest BCUT2D eigenvalue weighted by atomic mass is 14.9. The summed E-state index contributed by atoms with van der Waals surface area (Å²) in [5.74, 6) is 0.715. The van der Waals surface area contributed by atoms with Crippen LogP contribution in [0.5, 0.6) is 0 Å². The molecular weight excluding hydrogens is 643 g/mol. The zero-order valence-corrected chi connectivity index (χ0v) is 29.6. The molecule has 53 heavy (non-hydrogen) atoms. The molecule has 0 saturated heterocycles. The Kier molecular flexibility index (Phi) is 7.16. The molecule has 0 amide bonds. The quantitative estimate of drug-likeness (QED) is 0.182. The zero-order chi connectivity index (χ0) is 35.5. The predicted molar refractivity (Wildman–Crippen MR) is 220 cm³/mol. The summed E-state index contributed by atoms with van der Waals surface area (Å²) in [6.45, 7) is 4.68. The molecule has 3 heteroatoms. The first-order chi connectivity index (χ1) is 26.0. The number of para-hydroxylation sites is 1. The van der Waals surface area contributed by atoms with Gasteiger partial charge in [0.05, 0.1) is 16.9 Å². The minimum absolute atomic E-state index is 0.138. The van der Waals surface area contributed by atoms with Crippen molar-refractivity contribution < 1.29 is 0 Å². The summed E-state index contributed by atoms with van der Waals surface area (Å²) >= 11 is 0. The van der Waals surface area contributed by atoms with E-state index in [1.807, 2.05) is 36.5 Å². The largest absolute Gasteiger partial charge is 0.256 e. The van der Waals surface area contributed by atoms with Crippen molar-refractivity contribution in [2.24, 2.45) is 0 Å². The van der Waals surface area contributed by atoms with Crippen LogP contribution in [0, 0.1) is 0 Å². The number of rotatable bonds is 5. The monoisotopic (exact) mass is 677 g/mol. The van der Waals surface area contributed by atoms with Gasteiger partial charge in [0.1, 0.15) is 0 Å². The van der Waals surface area contributed by atoms with Gasteiger partial charge in [0.25, 0.3) is 0 Å². The first-order valence-corrected chi connectivity index (χ1v) is 18.2. The molecule has 0 spiro atoms. The van der Waals surface area contributed by atoms with E-state index < -0.39 is 0 Å². The van der Waals surface area contributed by atoms with Crippen LogP contribution in [0.4, 0.5) is 0 Å². The SMILES string of the molecule is CC1(C)c2cc3ccccc3cc2-c2c(-c3cc(-c4ccc(-c5cccc(-c6cnc7ccccc7c6)c5)cc4)nc(-c4ccccc4)n3)cccc21. The average molecular weight is 678 g/mol. The summed E-state index contributed by atoms with van der Waals surface area (Å²) in [5.41, 5.74) is 15.6. The lowest BCUT2D eigenvalue weighted by atomic mass is 9.81. The van der Waals surface area contributed by atoms with Crippen LogP contribution in [0.3, 0.4) is 0 Å². The zero-order valence-electron chi connectivity index (χ0n) is 29.6. The van der Waals surface area contributed by atoms with Crippen LogP contribution in [0.25, 0.3) is 89.0 Å². The van der Waals surface area contributed by atoms with Crippen LogP contribution in [0.15, 0.2) is 176 Å². The fourth-order valence-electron chi connectivity index (χ4n) is 8.08. The van der Waals surface area contributed by atoms with Gasteiger partial charge in [-0.05, 0) is 86.1 Å².